The molecule has 1 N–H and O–H groups in total. The Kier molecular flexibility index (Phi) is 5.25. The van der Waals surface area contributed by atoms with Gasteiger partial charge in [0, 0.05) is 13.2 Å². The van der Waals surface area contributed by atoms with E-state index in [1.165, 1.54) is 13.4 Å². The van der Waals surface area contributed by atoms with Crippen molar-refractivity contribution < 1.29 is 14.4 Å². The predicted octanol–water partition coefficient (Wildman–Crippen LogP) is 1.23. The molecule has 1 rings (SSSR count). The first-order valence-electron chi connectivity index (χ1n) is 5.49. The Balaban J connectivity index is 2.85. The molecule has 8 nitrogen and oxygen atoms in total. The van der Waals surface area contributed by atoms with Crippen molar-refractivity contribution in [2.75, 3.05) is 25.6 Å². The molecule has 1 unspecified atom stereocenters. The van der Waals surface area contributed by atoms with Gasteiger partial charge in [0.2, 0.25) is 5.82 Å². The Hall–Kier alpha value is -1.96. The normalized spacial score (nSPS) is 11.9. The Bertz CT molecular complexity index is 413. The average molecular weight is 256 g/mol. The number of aromatic nitrogens is 2. The van der Waals surface area contributed by atoms with Crippen LogP contribution in [0.3, 0.4) is 0 Å². The van der Waals surface area contributed by atoms with E-state index in [-0.39, 0.29) is 23.5 Å². The van der Waals surface area contributed by atoms with Gasteiger partial charge in [0.05, 0.1) is 18.1 Å². The van der Waals surface area contributed by atoms with E-state index in [0.717, 1.165) is 0 Å². The summed E-state index contributed by atoms with van der Waals surface area (Å²) in [5.41, 5.74) is -0.274. The van der Waals surface area contributed by atoms with Crippen LogP contribution >= 0.6 is 0 Å². The number of nitrogens with zero attached hydrogens (tertiary/aromatic N) is 3. The van der Waals surface area contributed by atoms with Gasteiger partial charge in [-0.05, 0) is 13.8 Å². The first-order valence-corrected chi connectivity index (χ1v) is 5.49. The summed E-state index contributed by atoms with van der Waals surface area (Å²) in [6.07, 6.45) is 1.13. The van der Waals surface area contributed by atoms with E-state index < -0.39 is 4.92 Å². The second kappa shape index (κ2) is 6.70. The standard InChI is InChI=1S/C10H16N4O4/c1-4-18-7(2)5-11-9-8(14(15)16)10(17-3)13-6-12-9/h6-7H,4-5H2,1-3H3,(H,11,12,13). The summed E-state index contributed by atoms with van der Waals surface area (Å²) in [5, 5.41) is 13.8. The summed E-state index contributed by atoms with van der Waals surface area (Å²) in [4.78, 5) is 17.9. The topological polar surface area (TPSA) is 99.4 Å². The van der Waals surface area contributed by atoms with E-state index in [4.69, 9.17) is 9.47 Å². The van der Waals surface area contributed by atoms with Crippen LogP contribution in [0.5, 0.6) is 5.88 Å². The largest absolute Gasteiger partial charge is 0.476 e. The molecule has 0 aliphatic heterocycles. The van der Waals surface area contributed by atoms with Crippen LogP contribution in [0, 0.1) is 10.1 Å². The molecule has 0 aliphatic carbocycles. The monoisotopic (exact) mass is 256 g/mol. The summed E-state index contributed by atoms with van der Waals surface area (Å²) < 4.78 is 10.2. The number of nitro groups is 1. The maximum Gasteiger partial charge on any atom is 0.372 e. The fraction of sp³-hybridized carbons (Fsp3) is 0.600. The summed E-state index contributed by atoms with van der Waals surface area (Å²) in [7, 11) is 1.32. The third-order valence-corrected chi connectivity index (χ3v) is 2.17. The third-order valence-electron chi connectivity index (χ3n) is 2.17. The van der Waals surface area contributed by atoms with Crippen LogP contribution < -0.4 is 10.1 Å². The number of rotatable bonds is 7. The van der Waals surface area contributed by atoms with Gasteiger partial charge in [-0.1, -0.05) is 0 Å². The summed E-state index contributed by atoms with van der Waals surface area (Å²) >= 11 is 0. The number of nitrogens with one attached hydrogen (secondary N) is 1. The Labute approximate surface area is 104 Å². The molecule has 0 saturated carbocycles. The van der Waals surface area contributed by atoms with E-state index in [9.17, 15) is 10.1 Å². The Morgan fingerprint density at radius 3 is 2.83 bits per heavy atom. The number of ether oxygens (including phenoxy) is 2. The van der Waals surface area contributed by atoms with Gasteiger partial charge in [-0.3, -0.25) is 10.1 Å². The van der Waals surface area contributed by atoms with E-state index in [0.29, 0.717) is 13.2 Å². The van der Waals surface area contributed by atoms with E-state index in [2.05, 4.69) is 15.3 Å². The highest BCUT2D eigenvalue weighted by atomic mass is 16.6. The van der Waals surface area contributed by atoms with Crippen molar-refractivity contribution in [1.82, 2.24) is 9.97 Å². The zero-order valence-electron chi connectivity index (χ0n) is 10.5. The van der Waals surface area contributed by atoms with Crippen molar-refractivity contribution in [2.24, 2.45) is 0 Å². The third kappa shape index (κ3) is 3.52. The molecule has 0 amide bonds. The lowest BCUT2D eigenvalue weighted by molar-refractivity contribution is -0.385. The molecule has 1 atom stereocenters. The molecule has 8 heteroatoms. The average Bonchev–Trinajstić information content (AvgIpc) is 2.35. The smallest absolute Gasteiger partial charge is 0.372 e. The lowest BCUT2D eigenvalue weighted by Crippen LogP contribution is -2.21. The fourth-order valence-electron chi connectivity index (χ4n) is 1.39. The minimum absolute atomic E-state index is 0.0680. The molecule has 1 aromatic heterocycles. The first kappa shape index (κ1) is 14.1. The fourth-order valence-corrected chi connectivity index (χ4v) is 1.39. The second-order valence-electron chi connectivity index (χ2n) is 3.48. The molecule has 0 saturated heterocycles. The van der Waals surface area contributed by atoms with Crippen LogP contribution in [0.1, 0.15) is 13.8 Å². The number of hydrogen-bond donors (Lipinski definition) is 1. The van der Waals surface area contributed by atoms with Crippen LogP contribution in [0.15, 0.2) is 6.33 Å². The Morgan fingerprint density at radius 2 is 2.28 bits per heavy atom. The van der Waals surface area contributed by atoms with E-state index in [1.807, 2.05) is 13.8 Å². The minimum Gasteiger partial charge on any atom is -0.476 e. The van der Waals surface area contributed by atoms with E-state index >= 15 is 0 Å². The molecule has 100 valence electrons. The zero-order chi connectivity index (χ0) is 13.5. The van der Waals surface area contributed by atoms with Crippen LogP contribution in [-0.4, -0.2) is 41.3 Å². The lowest BCUT2D eigenvalue weighted by Gasteiger charge is -2.13. The van der Waals surface area contributed by atoms with Gasteiger partial charge in [0.15, 0.2) is 0 Å². The maximum absolute atomic E-state index is 10.9. The maximum atomic E-state index is 10.9. The van der Waals surface area contributed by atoms with E-state index in [1.54, 1.807) is 0 Å². The van der Waals surface area contributed by atoms with Gasteiger partial charge in [-0.15, -0.1) is 0 Å². The van der Waals surface area contributed by atoms with Gasteiger partial charge in [0.25, 0.3) is 5.88 Å². The zero-order valence-corrected chi connectivity index (χ0v) is 10.5. The molecule has 0 spiro atoms. The molecule has 0 aliphatic rings. The summed E-state index contributed by atoms with van der Waals surface area (Å²) in [5.74, 6) is 0.0555. The van der Waals surface area contributed by atoms with Gasteiger partial charge in [-0.2, -0.15) is 4.98 Å². The molecule has 0 fully saturated rings. The second-order valence-corrected chi connectivity index (χ2v) is 3.48. The highest BCUT2D eigenvalue weighted by Crippen LogP contribution is 2.30. The van der Waals surface area contributed by atoms with Gasteiger partial charge in [0.1, 0.15) is 6.33 Å². The quantitative estimate of drug-likeness (QED) is 0.578. The van der Waals surface area contributed by atoms with Crippen molar-refractivity contribution in [3.05, 3.63) is 16.4 Å². The molecule has 18 heavy (non-hydrogen) atoms. The summed E-state index contributed by atoms with van der Waals surface area (Å²) in [6, 6.07) is 0. The number of anilines is 1. The van der Waals surface area contributed by atoms with Crippen molar-refractivity contribution in [1.29, 1.82) is 0 Å². The van der Waals surface area contributed by atoms with Crippen molar-refractivity contribution in [2.45, 2.75) is 20.0 Å². The SMILES string of the molecule is CCOC(C)CNc1ncnc(OC)c1[N+](=O)[O-]. The lowest BCUT2D eigenvalue weighted by atomic mass is 10.3. The van der Waals surface area contributed by atoms with Gasteiger partial charge >= 0.3 is 5.69 Å². The molecule has 0 radical (unpaired) electrons. The molecule has 1 aromatic rings. The minimum atomic E-state index is -0.577. The van der Waals surface area contributed by atoms with Crippen molar-refractivity contribution in [3.63, 3.8) is 0 Å². The Morgan fingerprint density at radius 1 is 1.56 bits per heavy atom. The molecule has 0 aromatic carbocycles. The van der Waals surface area contributed by atoms with Crippen LogP contribution in [0.25, 0.3) is 0 Å². The van der Waals surface area contributed by atoms with Crippen LogP contribution in [0.4, 0.5) is 11.5 Å². The van der Waals surface area contributed by atoms with Gasteiger partial charge in [-0.25, -0.2) is 4.98 Å². The predicted molar refractivity (Wildman–Crippen MR) is 64.8 cm³/mol. The van der Waals surface area contributed by atoms with Crippen molar-refractivity contribution in [3.8, 4) is 5.88 Å². The first-order chi connectivity index (χ1) is 8.60. The molecular weight excluding hydrogens is 240 g/mol. The molecule has 1 heterocycles. The number of hydrogen-bond acceptors (Lipinski definition) is 7. The van der Waals surface area contributed by atoms with Gasteiger partial charge < -0.3 is 14.8 Å². The highest BCUT2D eigenvalue weighted by Gasteiger charge is 2.23. The molecular formula is C10H16N4O4. The highest BCUT2D eigenvalue weighted by molar-refractivity contribution is 5.61. The molecule has 0 bridgehead atoms. The van der Waals surface area contributed by atoms with Crippen LogP contribution in [-0.2, 0) is 4.74 Å². The van der Waals surface area contributed by atoms with Crippen molar-refractivity contribution >= 4 is 11.5 Å². The van der Waals surface area contributed by atoms with Crippen LogP contribution in [0.2, 0.25) is 0 Å². The number of methoxy groups -OCH3 is 1. The summed E-state index contributed by atoms with van der Waals surface area (Å²) in [6.45, 7) is 4.74.